The van der Waals surface area contributed by atoms with Crippen molar-refractivity contribution in [3.05, 3.63) is 69.0 Å². The van der Waals surface area contributed by atoms with Gasteiger partial charge in [0.15, 0.2) is 5.75 Å². The van der Waals surface area contributed by atoms with Crippen molar-refractivity contribution in [1.82, 2.24) is 0 Å². The molecule has 0 saturated carbocycles. The highest BCUT2D eigenvalue weighted by atomic mass is 19.1. The molecule has 0 bridgehead atoms. The molecule has 21 heavy (non-hydrogen) atoms. The van der Waals surface area contributed by atoms with Crippen LogP contribution >= 0.6 is 0 Å². The molecule has 0 aromatic heterocycles. The number of benzene rings is 2. The molecule has 0 saturated heterocycles. The zero-order chi connectivity index (χ0) is 15.4. The second kappa shape index (κ2) is 6.01. The van der Waals surface area contributed by atoms with Crippen molar-refractivity contribution in [2.45, 2.75) is 13.5 Å². The fourth-order valence-electron chi connectivity index (χ4n) is 1.80. The van der Waals surface area contributed by atoms with Crippen LogP contribution in [0.2, 0.25) is 0 Å². The minimum atomic E-state index is -0.551. The van der Waals surface area contributed by atoms with Gasteiger partial charge in [0.1, 0.15) is 12.4 Å². The van der Waals surface area contributed by atoms with Crippen LogP contribution in [-0.4, -0.2) is 4.92 Å². The lowest BCUT2D eigenvalue weighted by molar-refractivity contribution is -0.386. The molecule has 0 aliphatic heterocycles. The SMILES string of the molecule is Cc1ccc(OCc2cc(C#N)ccc2F)c([N+](=O)[O-])c1. The number of ether oxygens (including phenoxy) is 1. The van der Waals surface area contributed by atoms with Crippen molar-refractivity contribution < 1.29 is 14.1 Å². The first kappa shape index (κ1) is 14.5. The third kappa shape index (κ3) is 3.34. The summed E-state index contributed by atoms with van der Waals surface area (Å²) in [5.41, 5.74) is 1.02. The zero-order valence-corrected chi connectivity index (χ0v) is 11.2. The van der Waals surface area contributed by atoms with Gasteiger partial charge in [-0.15, -0.1) is 0 Å². The molecule has 0 amide bonds. The van der Waals surface area contributed by atoms with Crippen molar-refractivity contribution in [2.24, 2.45) is 0 Å². The molecule has 0 N–H and O–H groups in total. The predicted molar refractivity (Wildman–Crippen MR) is 73.3 cm³/mol. The third-order valence-corrected chi connectivity index (χ3v) is 2.87. The van der Waals surface area contributed by atoms with E-state index in [0.717, 1.165) is 5.56 Å². The van der Waals surface area contributed by atoms with Crippen molar-refractivity contribution in [1.29, 1.82) is 5.26 Å². The minimum absolute atomic E-state index is 0.0624. The number of hydrogen-bond donors (Lipinski definition) is 0. The molecule has 6 heteroatoms. The largest absolute Gasteiger partial charge is 0.482 e. The molecule has 2 aromatic rings. The summed E-state index contributed by atoms with van der Waals surface area (Å²) in [5.74, 6) is -0.462. The lowest BCUT2D eigenvalue weighted by Gasteiger charge is -2.08. The Labute approximate surface area is 120 Å². The molecular weight excluding hydrogens is 275 g/mol. The number of nitro benzene ring substituents is 1. The van der Waals surface area contributed by atoms with Crippen LogP contribution in [0.3, 0.4) is 0 Å². The van der Waals surface area contributed by atoms with Crippen LogP contribution in [-0.2, 0) is 6.61 Å². The molecular formula is C15H11FN2O3. The van der Waals surface area contributed by atoms with Crippen LogP contribution in [0.5, 0.6) is 5.75 Å². The van der Waals surface area contributed by atoms with E-state index < -0.39 is 10.7 Å². The average molecular weight is 286 g/mol. The molecule has 2 rings (SSSR count). The Balaban J connectivity index is 2.25. The fourth-order valence-corrected chi connectivity index (χ4v) is 1.80. The summed E-state index contributed by atoms with van der Waals surface area (Å²) >= 11 is 0. The van der Waals surface area contributed by atoms with Crippen molar-refractivity contribution in [2.75, 3.05) is 0 Å². The van der Waals surface area contributed by atoms with Crippen LogP contribution in [0, 0.1) is 34.2 Å². The first-order chi connectivity index (χ1) is 10.0. The maximum Gasteiger partial charge on any atom is 0.311 e. The maximum atomic E-state index is 13.6. The third-order valence-electron chi connectivity index (χ3n) is 2.87. The van der Waals surface area contributed by atoms with E-state index in [-0.39, 0.29) is 23.6 Å². The number of nitriles is 1. The first-order valence-corrected chi connectivity index (χ1v) is 6.07. The van der Waals surface area contributed by atoms with E-state index in [0.29, 0.717) is 5.56 Å². The molecule has 0 radical (unpaired) electrons. The second-order valence-corrected chi connectivity index (χ2v) is 4.43. The van der Waals surface area contributed by atoms with Crippen LogP contribution in [0.25, 0.3) is 0 Å². The average Bonchev–Trinajstić information content (AvgIpc) is 2.47. The number of nitrogens with zero attached hydrogens (tertiary/aromatic N) is 2. The fraction of sp³-hybridized carbons (Fsp3) is 0.133. The Hall–Kier alpha value is -2.94. The van der Waals surface area contributed by atoms with Gasteiger partial charge in [0.2, 0.25) is 0 Å². The highest BCUT2D eigenvalue weighted by Crippen LogP contribution is 2.28. The number of aryl methyl sites for hydroxylation is 1. The second-order valence-electron chi connectivity index (χ2n) is 4.43. The monoisotopic (exact) mass is 286 g/mol. The van der Waals surface area contributed by atoms with Gasteiger partial charge < -0.3 is 4.74 Å². The molecule has 0 fully saturated rings. The highest BCUT2D eigenvalue weighted by molar-refractivity contribution is 5.48. The number of hydrogen-bond acceptors (Lipinski definition) is 4. The van der Waals surface area contributed by atoms with E-state index >= 15 is 0 Å². The highest BCUT2D eigenvalue weighted by Gasteiger charge is 2.16. The van der Waals surface area contributed by atoms with Gasteiger partial charge in [-0.25, -0.2) is 4.39 Å². The first-order valence-electron chi connectivity index (χ1n) is 6.07. The number of nitro groups is 1. The van der Waals surface area contributed by atoms with Gasteiger partial charge in [0, 0.05) is 11.6 Å². The van der Waals surface area contributed by atoms with E-state index in [1.54, 1.807) is 13.0 Å². The molecule has 0 spiro atoms. The van der Waals surface area contributed by atoms with E-state index in [1.807, 2.05) is 6.07 Å². The van der Waals surface area contributed by atoms with Gasteiger partial charge in [-0.05, 0) is 36.8 Å². The lowest BCUT2D eigenvalue weighted by Crippen LogP contribution is -2.02. The predicted octanol–water partition coefficient (Wildman–Crippen LogP) is 3.49. The van der Waals surface area contributed by atoms with Gasteiger partial charge in [0.05, 0.1) is 16.6 Å². The summed E-state index contributed by atoms with van der Waals surface area (Å²) in [5, 5.41) is 19.7. The van der Waals surface area contributed by atoms with Crippen molar-refractivity contribution in [3.8, 4) is 11.8 Å². The number of halogens is 1. The Morgan fingerprint density at radius 2 is 2.10 bits per heavy atom. The van der Waals surface area contributed by atoms with Crippen LogP contribution < -0.4 is 4.74 Å². The van der Waals surface area contributed by atoms with Gasteiger partial charge in [0.25, 0.3) is 0 Å². The van der Waals surface area contributed by atoms with Crippen molar-refractivity contribution >= 4 is 5.69 Å². The van der Waals surface area contributed by atoms with Crippen molar-refractivity contribution in [3.63, 3.8) is 0 Å². The molecule has 0 aliphatic carbocycles. The minimum Gasteiger partial charge on any atom is -0.482 e. The van der Waals surface area contributed by atoms with E-state index in [1.165, 1.54) is 30.3 Å². The van der Waals surface area contributed by atoms with Gasteiger partial charge in [-0.1, -0.05) is 6.07 Å². The summed E-state index contributed by atoms with van der Waals surface area (Å²) in [7, 11) is 0. The van der Waals surface area contributed by atoms with E-state index in [4.69, 9.17) is 10.00 Å². The Kier molecular flexibility index (Phi) is 4.14. The molecule has 0 unspecified atom stereocenters. The van der Waals surface area contributed by atoms with Gasteiger partial charge >= 0.3 is 5.69 Å². The lowest BCUT2D eigenvalue weighted by atomic mass is 10.1. The molecule has 5 nitrogen and oxygen atoms in total. The Bertz CT molecular complexity index is 738. The van der Waals surface area contributed by atoms with E-state index in [9.17, 15) is 14.5 Å². The number of rotatable bonds is 4. The van der Waals surface area contributed by atoms with Crippen LogP contribution in [0.4, 0.5) is 10.1 Å². The molecule has 106 valence electrons. The standard InChI is InChI=1S/C15H11FN2O3/c1-10-2-5-15(14(6-10)18(19)20)21-9-12-7-11(8-17)3-4-13(12)16/h2-7H,9H2,1H3. The van der Waals surface area contributed by atoms with Gasteiger partial charge in [-0.3, -0.25) is 10.1 Å². The maximum absolute atomic E-state index is 13.6. The smallest absolute Gasteiger partial charge is 0.311 e. The van der Waals surface area contributed by atoms with E-state index in [2.05, 4.69) is 0 Å². The summed E-state index contributed by atoms with van der Waals surface area (Å²) in [4.78, 5) is 10.4. The summed E-state index contributed by atoms with van der Waals surface area (Å²) < 4.78 is 18.9. The Morgan fingerprint density at radius 1 is 1.33 bits per heavy atom. The van der Waals surface area contributed by atoms with Crippen LogP contribution in [0.1, 0.15) is 16.7 Å². The summed E-state index contributed by atoms with van der Waals surface area (Å²) in [6.07, 6.45) is 0. The topological polar surface area (TPSA) is 76.2 Å². The molecule has 2 aromatic carbocycles. The quantitative estimate of drug-likeness (QED) is 0.636. The summed E-state index contributed by atoms with van der Waals surface area (Å²) in [6, 6.07) is 10.3. The molecule has 0 atom stereocenters. The molecule has 0 aliphatic rings. The Morgan fingerprint density at radius 3 is 2.76 bits per heavy atom. The normalized spacial score (nSPS) is 9.95. The van der Waals surface area contributed by atoms with Crippen LogP contribution in [0.15, 0.2) is 36.4 Å². The molecule has 0 heterocycles. The van der Waals surface area contributed by atoms with Gasteiger partial charge in [-0.2, -0.15) is 5.26 Å². The summed E-state index contributed by atoms with van der Waals surface area (Å²) in [6.45, 7) is 1.54. The zero-order valence-electron chi connectivity index (χ0n) is 11.2.